The number of amides is 1. The number of pyridine rings is 1. The highest BCUT2D eigenvalue weighted by Gasteiger charge is 2.55. The second kappa shape index (κ2) is 5.05. The summed E-state index contributed by atoms with van der Waals surface area (Å²) in [4.78, 5) is 17.4. The van der Waals surface area contributed by atoms with E-state index in [2.05, 4.69) is 10.3 Å². The van der Waals surface area contributed by atoms with Crippen molar-refractivity contribution in [3.8, 4) is 5.75 Å². The van der Waals surface area contributed by atoms with Crippen LogP contribution in [0.5, 0.6) is 5.75 Å². The first-order valence-electron chi connectivity index (χ1n) is 8.43. The van der Waals surface area contributed by atoms with Crippen LogP contribution < -0.4 is 10.1 Å². The minimum Gasteiger partial charge on any atom is -0.489 e. The smallest absolute Gasteiger partial charge is 0.244 e. The number of hydrogen-bond donors (Lipinski definition) is 1. The molecule has 1 amide bonds. The summed E-state index contributed by atoms with van der Waals surface area (Å²) in [6.07, 6.45) is 5.02. The number of aromatic nitrogens is 1. The van der Waals surface area contributed by atoms with Gasteiger partial charge in [-0.05, 0) is 25.0 Å². The van der Waals surface area contributed by atoms with Crippen molar-refractivity contribution in [1.29, 1.82) is 0 Å². The maximum absolute atomic E-state index is 12.8. The molecular weight excluding hydrogens is 304 g/mol. The fourth-order valence-corrected chi connectivity index (χ4v) is 4.11. The Morgan fingerprint density at radius 1 is 1.29 bits per heavy atom. The molecule has 3 aliphatic heterocycles. The van der Waals surface area contributed by atoms with E-state index in [9.17, 15) is 4.79 Å². The molecule has 0 aliphatic carbocycles. The first kappa shape index (κ1) is 14.0. The SMILES string of the molecule is O=C1Nc2ccccc2C12COc1c(C[C@H]3CCCO3)ccnc12. The second-order valence-corrected chi connectivity index (χ2v) is 6.68. The minimum atomic E-state index is -0.821. The Labute approximate surface area is 140 Å². The molecule has 4 heterocycles. The van der Waals surface area contributed by atoms with Crippen molar-refractivity contribution in [2.75, 3.05) is 18.5 Å². The highest BCUT2D eigenvalue weighted by Crippen LogP contribution is 2.50. The second-order valence-electron chi connectivity index (χ2n) is 6.68. The fraction of sp³-hybridized carbons (Fsp3) is 0.368. The number of nitrogens with zero attached hydrogens (tertiary/aromatic N) is 1. The number of carbonyl (C=O) groups is 1. The van der Waals surface area contributed by atoms with Crippen LogP contribution in [0.1, 0.15) is 29.7 Å². The van der Waals surface area contributed by atoms with E-state index >= 15 is 0 Å². The van der Waals surface area contributed by atoms with Crippen LogP contribution in [0.25, 0.3) is 0 Å². The predicted molar refractivity (Wildman–Crippen MR) is 88.3 cm³/mol. The first-order chi connectivity index (χ1) is 11.8. The molecule has 1 aromatic carbocycles. The Balaban J connectivity index is 1.61. The van der Waals surface area contributed by atoms with Gasteiger partial charge in [-0.1, -0.05) is 18.2 Å². The zero-order chi connectivity index (χ0) is 16.1. The monoisotopic (exact) mass is 322 g/mol. The van der Waals surface area contributed by atoms with E-state index in [1.54, 1.807) is 6.20 Å². The lowest BCUT2D eigenvalue weighted by Crippen LogP contribution is -2.37. The van der Waals surface area contributed by atoms with E-state index in [4.69, 9.17) is 9.47 Å². The number of benzene rings is 1. The van der Waals surface area contributed by atoms with E-state index in [0.29, 0.717) is 6.61 Å². The number of fused-ring (bicyclic) bond motifs is 4. The van der Waals surface area contributed by atoms with E-state index in [-0.39, 0.29) is 12.0 Å². The lowest BCUT2D eigenvalue weighted by molar-refractivity contribution is -0.119. The van der Waals surface area contributed by atoms with Crippen molar-refractivity contribution in [2.45, 2.75) is 30.8 Å². The zero-order valence-corrected chi connectivity index (χ0v) is 13.2. The van der Waals surface area contributed by atoms with E-state index in [1.165, 1.54) is 0 Å². The standard InChI is InChI=1S/C19H18N2O3/c22-18-19(14-5-1-2-6-15(14)21-18)11-24-16-12(7-8-20-17(16)19)10-13-4-3-9-23-13/h1-2,5-8,13H,3-4,9-11H2,(H,21,22)/t13-,19?/m1/s1. The first-order valence-corrected chi connectivity index (χ1v) is 8.43. The number of carbonyl (C=O) groups excluding carboxylic acids is 1. The van der Waals surface area contributed by atoms with Gasteiger partial charge in [-0.3, -0.25) is 9.78 Å². The van der Waals surface area contributed by atoms with Gasteiger partial charge in [-0.25, -0.2) is 0 Å². The highest BCUT2D eigenvalue weighted by molar-refractivity contribution is 6.09. The molecular formula is C19H18N2O3. The predicted octanol–water partition coefficient (Wildman–Crippen LogP) is 2.43. The van der Waals surface area contributed by atoms with Crippen LogP contribution in [0.4, 0.5) is 5.69 Å². The van der Waals surface area contributed by atoms with E-state index in [1.807, 2.05) is 30.3 Å². The molecule has 24 heavy (non-hydrogen) atoms. The quantitative estimate of drug-likeness (QED) is 0.922. The number of anilines is 1. The zero-order valence-electron chi connectivity index (χ0n) is 13.2. The maximum atomic E-state index is 12.8. The molecule has 1 spiro atoms. The molecule has 5 nitrogen and oxygen atoms in total. The number of hydrogen-bond acceptors (Lipinski definition) is 4. The number of nitrogens with one attached hydrogen (secondary N) is 1. The summed E-state index contributed by atoms with van der Waals surface area (Å²) in [5.41, 5.74) is 2.81. The maximum Gasteiger partial charge on any atom is 0.244 e. The van der Waals surface area contributed by atoms with Gasteiger partial charge in [0.1, 0.15) is 18.1 Å². The van der Waals surface area contributed by atoms with Gasteiger partial charge in [0.2, 0.25) is 5.91 Å². The average molecular weight is 322 g/mol. The summed E-state index contributed by atoms with van der Waals surface area (Å²) in [5.74, 6) is 0.712. The molecule has 1 N–H and O–H groups in total. The molecule has 0 saturated carbocycles. The third-order valence-electron chi connectivity index (χ3n) is 5.32. The van der Waals surface area contributed by atoms with Crippen molar-refractivity contribution in [1.82, 2.24) is 4.98 Å². The van der Waals surface area contributed by atoms with Gasteiger partial charge in [0.15, 0.2) is 5.41 Å². The molecule has 1 fully saturated rings. The van der Waals surface area contributed by atoms with Gasteiger partial charge in [0, 0.05) is 36.0 Å². The summed E-state index contributed by atoms with van der Waals surface area (Å²) < 4.78 is 11.8. The Morgan fingerprint density at radius 3 is 3.08 bits per heavy atom. The molecule has 0 radical (unpaired) electrons. The lowest BCUT2D eigenvalue weighted by Gasteiger charge is -2.19. The van der Waals surface area contributed by atoms with Gasteiger partial charge in [0.05, 0.1) is 6.10 Å². The summed E-state index contributed by atoms with van der Waals surface area (Å²) in [5, 5.41) is 2.98. The number of para-hydroxylation sites is 1. The molecule has 1 unspecified atom stereocenters. The molecule has 5 rings (SSSR count). The van der Waals surface area contributed by atoms with Crippen LogP contribution >= 0.6 is 0 Å². The topological polar surface area (TPSA) is 60.5 Å². The van der Waals surface area contributed by atoms with Crippen LogP contribution in [-0.2, 0) is 21.4 Å². The largest absolute Gasteiger partial charge is 0.489 e. The summed E-state index contributed by atoms with van der Waals surface area (Å²) in [7, 11) is 0. The molecule has 122 valence electrons. The Hall–Kier alpha value is -2.40. The van der Waals surface area contributed by atoms with E-state index < -0.39 is 5.41 Å². The molecule has 1 aromatic heterocycles. The van der Waals surface area contributed by atoms with Gasteiger partial charge in [0.25, 0.3) is 0 Å². The number of rotatable bonds is 2. The summed E-state index contributed by atoms with van der Waals surface area (Å²) >= 11 is 0. The minimum absolute atomic E-state index is 0.0517. The van der Waals surface area contributed by atoms with Crippen molar-refractivity contribution in [3.63, 3.8) is 0 Å². The molecule has 2 aromatic rings. The highest BCUT2D eigenvalue weighted by atomic mass is 16.5. The Kier molecular flexibility index (Phi) is 2.94. The van der Waals surface area contributed by atoms with E-state index in [0.717, 1.165) is 54.1 Å². The van der Waals surface area contributed by atoms with Crippen molar-refractivity contribution < 1.29 is 14.3 Å². The van der Waals surface area contributed by atoms with Crippen LogP contribution in [0.2, 0.25) is 0 Å². The van der Waals surface area contributed by atoms with Crippen LogP contribution in [0.3, 0.4) is 0 Å². The lowest BCUT2D eigenvalue weighted by atomic mass is 9.79. The van der Waals surface area contributed by atoms with Crippen molar-refractivity contribution >= 4 is 11.6 Å². The van der Waals surface area contributed by atoms with Crippen LogP contribution in [0.15, 0.2) is 36.5 Å². The van der Waals surface area contributed by atoms with Gasteiger partial charge in [-0.15, -0.1) is 0 Å². The average Bonchev–Trinajstić information content (AvgIpc) is 3.30. The third kappa shape index (κ3) is 1.79. The Morgan fingerprint density at radius 2 is 2.21 bits per heavy atom. The van der Waals surface area contributed by atoms with Crippen LogP contribution in [0, 0.1) is 0 Å². The molecule has 0 bridgehead atoms. The fourth-order valence-electron chi connectivity index (χ4n) is 4.11. The summed E-state index contributed by atoms with van der Waals surface area (Å²) in [6, 6.07) is 9.78. The normalized spacial score (nSPS) is 27.0. The third-order valence-corrected chi connectivity index (χ3v) is 5.32. The van der Waals surface area contributed by atoms with Crippen molar-refractivity contribution in [3.05, 3.63) is 53.3 Å². The van der Waals surface area contributed by atoms with Gasteiger partial charge in [-0.2, -0.15) is 0 Å². The molecule has 2 atom stereocenters. The number of ether oxygens (including phenoxy) is 2. The van der Waals surface area contributed by atoms with Gasteiger partial charge >= 0.3 is 0 Å². The molecule has 3 aliphatic rings. The molecule has 5 heteroatoms. The van der Waals surface area contributed by atoms with Crippen LogP contribution in [-0.4, -0.2) is 30.2 Å². The van der Waals surface area contributed by atoms with Crippen molar-refractivity contribution in [2.24, 2.45) is 0 Å². The van der Waals surface area contributed by atoms with Gasteiger partial charge < -0.3 is 14.8 Å². The molecule has 1 saturated heterocycles. The summed E-state index contributed by atoms with van der Waals surface area (Å²) in [6.45, 7) is 1.14. The Bertz CT molecular complexity index is 829.